The molecular weight excluding hydrogens is 380 g/mol. The number of ether oxygens (including phenoxy) is 1. The molecule has 2 N–H and O–H groups in total. The van der Waals surface area contributed by atoms with Crippen LogP contribution in [0.4, 0.5) is 5.69 Å². The number of piperidine rings is 1. The highest BCUT2D eigenvalue weighted by atomic mass is 35.5. The number of halogens is 1. The number of hydrogen-bond donors (Lipinski definition) is 2. The number of nitrogens with zero attached hydrogens (tertiary/aromatic N) is 1. The number of anilines is 1. The monoisotopic (exact) mass is 402 g/mol. The SMILES string of the molecule is COC(=O)c1ccc(CN2CCC(C(=O)Nc3cc(Cl)ccc3O)CC2)cc1. The normalized spacial score (nSPS) is 15.2. The van der Waals surface area contributed by atoms with Crippen molar-refractivity contribution < 1.29 is 19.4 Å². The van der Waals surface area contributed by atoms with E-state index in [0.717, 1.165) is 38.0 Å². The summed E-state index contributed by atoms with van der Waals surface area (Å²) in [5, 5.41) is 13.1. The molecule has 28 heavy (non-hydrogen) atoms. The van der Waals surface area contributed by atoms with Gasteiger partial charge in [0.05, 0.1) is 18.4 Å². The minimum absolute atomic E-state index is 0.00517. The fourth-order valence-corrected chi connectivity index (χ4v) is 3.49. The van der Waals surface area contributed by atoms with E-state index in [1.54, 1.807) is 24.3 Å². The van der Waals surface area contributed by atoms with Crippen LogP contribution in [0.25, 0.3) is 0 Å². The predicted octanol–water partition coefficient (Wildman–Crippen LogP) is 3.68. The van der Waals surface area contributed by atoms with Gasteiger partial charge in [0, 0.05) is 17.5 Å². The number of esters is 1. The van der Waals surface area contributed by atoms with E-state index in [0.29, 0.717) is 16.3 Å². The molecule has 1 aliphatic rings. The number of phenols is 1. The highest BCUT2D eigenvalue weighted by molar-refractivity contribution is 6.31. The Hall–Kier alpha value is -2.57. The molecule has 0 atom stereocenters. The average molecular weight is 403 g/mol. The van der Waals surface area contributed by atoms with Gasteiger partial charge in [-0.3, -0.25) is 9.69 Å². The largest absolute Gasteiger partial charge is 0.506 e. The van der Waals surface area contributed by atoms with Crippen LogP contribution in [0, 0.1) is 5.92 Å². The topological polar surface area (TPSA) is 78.9 Å². The van der Waals surface area contributed by atoms with E-state index in [1.165, 1.54) is 13.2 Å². The summed E-state index contributed by atoms with van der Waals surface area (Å²) in [5.74, 6) is -0.536. The number of rotatable bonds is 5. The lowest BCUT2D eigenvalue weighted by atomic mass is 9.95. The van der Waals surface area contributed by atoms with Gasteiger partial charge in [0.25, 0.3) is 0 Å². The summed E-state index contributed by atoms with van der Waals surface area (Å²) in [6.45, 7) is 2.38. The first-order chi connectivity index (χ1) is 13.5. The second-order valence-electron chi connectivity index (χ2n) is 6.89. The second-order valence-corrected chi connectivity index (χ2v) is 7.33. The Morgan fingerprint density at radius 2 is 1.86 bits per heavy atom. The van der Waals surface area contributed by atoms with Gasteiger partial charge in [-0.05, 0) is 61.8 Å². The van der Waals surface area contributed by atoms with Gasteiger partial charge in [-0.15, -0.1) is 0 Å². The molecule has 1 aliphatic heterocycles. The van der Waals surface area contributed by atoms with Crippen LogP contribution in [0.3, 0.4) is 0 Å². The zero-order valence-corrected chi connectivity index (χ0v) is 16.4. The molecule has 0 unspecified atom stereocenters. The molecule has 0 bridgehead atoms. The van der Waals surface area contributed by atoms with Gasteiger partial charge in [0.1, 0.15) is 5.75 Å². The maximum absolute atomic E-state index is 12.5. The van der Waals surface area contributed by atoms with Crippen molar-refractivity contribution in [2.75, 3.05) is 25.5 Å². The lowest BCUT2D eigenvalue weighted by Gasteiger charge is -2.31. The van der Waals surface area contributed by atoms with Gasteiger partial charge in [0.15, 0.2) is 0 Å². The summed E-state index contributed by atoms with van der Waals surface area (Å²) in [7, 11) is 1.37. The standard InChI is InChI=1S/C21H23ClN2O4/c1-28-21(27)16-4-2-14(3-5-16)13-24-10-8-15(9-11-24)20(26)23-18-12-17(22)6-7-19(18)25/h2-7,12,15,25H,8-11,13H2,1H3,(H,23,26). The van der Waals surface area contributed by atoms with E-state index in [2.05, 4.69) is 10.2 Å². The number of carbonyl (C=O) groups excluding carboxylic acids is 2. The van der Waals surface area contributed by atoms with Crippen LogP contribution in [-0.2, 0) is 16.1 Å². The quantitative estimate of drug-likeness (QED) is 0.589. The molecule has 1 heterocycles. The lowest BCUT2D eigenvalue weighted by molar-refractivity contribution is -0.121. The fourth-order valence-electron chi connectivity index (χ4n) is 3.32. The van der Waals surface area contributed by atoms with Gasteiger partial charge in [-0.1, -0.05) is 23.7 Å². The first-order valence-corrected chi connectivity index (χ1v) is 9.53. The number of nitrogens with one attached hydrogen (secondary N) is 1. The third-order valence-electron chi connectivity index (χ3n) is 4.96. The molecule has 6 nitrogen and oxygen atoms in total. The van der Waals surface area contributed by atoms with Crippen LogP contribution >= 0.6 is 11.6 Å². The average Bonchev–Trinajstić information content (AvgIpc) is 2.71. The molecule has 1 saturated heterocycles. The molecule has 7 heteroatoms. The van der Waals surface area contributed by atoms with Crippen LogP contribution in [0.1, 0.15) is 28.8 Å². The number of likely N-dealkylation sites (tertiary alicyclic amines) is 1. The number of hydrogen-bond acceptors (Lipinski definition) is 5. The number of phenolic OH excluding ortho intramolecular Hbond substituents is 1. The van der Waals surface area contributed by atoms with E-state index in [9.17, 15) is 14.7 Å². The molecule has 3 rings (SSSR count). The molecule has 1 fully saturated rings. The summed E-state index contributed by atoms with van der Waals surface area (Å²) in [6, 6.07) is 12.0. The summed E-state index contributed by atoms with van der Waals surface area (Å²) < 4.78 is 4.71. The fraction of sp³-hybridized carbons (Fsp3) is 0.333. The number of benzene rings is 2. The smallest absolute Gasteiger partial charge is 0.337 e. The number of aromatic hydroxyl groups is 1. The molecule has 0 saturated carbocycles. The number of methoxy groups -OCH3 is 1. The first kappa shape index (κ1) is 20.2. The summed E-state index contributed by atoms with van der Waals surface area (Å²) in [5.41, 5.74) is 1.98. The van der Waals surface area contributed by atoms with Crippen molar-refractivity contribution in [1.82, 2.24) is 4.90 Å². The van der Waals surface area contributed by atoms with Crippen molar-refractivity contribution >= 4 is 29.2 Å². The Balaban J connectivity index is 1.50. The molecule has 2 aromatic carbocycles. The van der Waals surface area contributed by atoms with E-state index >= 15 is 0 Å². The molecule has 0 aliphatic carbocycles. The van der Waals surface area contributed by atoms with Gasteiger partial charge >= 0.3 is 5.97 Å². The number of amides is 1. The highest BCUT2D eigenvalue weighted by Crippen LogP contribution is 2.28. The first-order valence-electron chi connectivity index (χ1n) is 9.15. The molecular formula is C21H23ClN2O4. The Morgan fingerprint density at radius 1 is 1.18 bits per heavy atom. The van der Waals surface area contributed by atoms with Crippen LogP contribution in [0.15, 0.2) is 42.5 Å². The van der Waals surface area contributed by atoms with E-state index < -0.39 is 0 Å². The molecule has 0 spiro atoms. The van der Waals surface area contributed by atoms with Crippen LogP contribution in [0.2, 0.25) is 5.02 Å². The van der Waals surface area contributed by atoms with Gasteiger partial charge < -0.3 is 15.2 Å². The number of carbonyl (C=O) groups is 2. The minimum Gasteiger partial charge on any atom is -0.506 e. The second kappa shape index (κ2) is 9.08. The molecule has 2 aromatic rings. The van der Waals surface area contributed by atoms with Crippen LogP contribution in [0.5, 0.6) is 5.75 Å². The van der Waals surface area contributed by atoms with Crippen molar-refractivity contribution in [3.8, 4) is 5.75 Å². The van der Waals surface area contributed by atoms with E-state index in [4.69, 9.17) is 16.3 Å². The summed E-state index contributed by atoms with van der Waals surface area (Å²) >= 11 is 5.92. The Morgan fingerprint density at radius 3 is 2.50 bits per heavy atom. The highest BCUT2D eigenvalue weighted by Gasteiger charge is 2.25. The van der Waals surface area contributed by atoms with Crippen molar-refractivity contribution in [2.24, 2.45) is 5.92 Å². The zero-order chi connectivity index (χ0) is 20.1. The maximum Gasteiger partial charge on any atom is 0.337 e. The van der Waals surface area contributed by atoms with Gasteiger partial charge in [-0.25, -0.2) is 4.79 Å². The van der Waals surface area contributed by atoms with Gasteiger partial charge in [0.2, 0.25) is 5.91 Å². The van der Waals surface area contributed by atoms with Crippen molar-refractivity contribution in [3.05, 3.63) is 58.6 Å². The van der Waals surface area contributed by atoms with Gasteiger partial charge in [-0.2, -0.15) is 0 Å². The van der Waals surface area contributed by atoms with E-state index in [-0.39, 0.29) is 23.5 Å². The zero-order valence-electron chi connectivity index (χ0n) is 15.7. The Kier molecular flexibility index (Phi) is 6.54. The Labute approximate surface area is 169 Å². The molecule has 1 amide bonds. The Bertz CT molecular complexity index is 846. The predicted molar refractivity (Wildman–Crippen MR) is 108 cm³/mol. The molecule has 0 radical (unpaired) electrons. The minimum atomic E-state index is -0.343. The molecule has 148 valence electrons. The van der Waals surface area contributed by atoms with Crippen molar-refractivity contribution in [2.45, 2.75) is 19.4 Å². The maximum atomic E-state index is 12.5. The third kappa shape index (κ3) is 5.03. The third-order valence-corrected chi connectivity index (χ3v) is 5.19. The lowest BCUT2D eigenvalue weighted by Crippen LogP contribution is -2.37. The van der Waals surface area contributed by atoms with Crippen molar-refractivity contribution in [1.29, 1.82) is 0 Å². The molecule has 0 aromatic heterocycles. The summed E-state index contributed by atoms with van der Waals surface area (Å²) in [6.07, 6.45) is 1.49. The van der Waals surface area contributed by atoms with Crippen LogP contribution < -0.4 is 5.32 Å². The van der Waals surface area contributed by atoms with E-state index in [1.807, 2.05) is 12.1 Å². The van der Waals surface area contributed by atoms with Crippen LogP contribution in [-0.4, -0.2) is 42.1 Å². The summed E-state index contributed by atoms with van der Waals surface area (Å²) in [4.78, 5) is 26.3. The van der Waals surface area contributed by atoms with Crippen molar-refractivity contribution in [3.63, 3.8) is 0 Å².